The maximum absolute atomic E-state index is 9.70. The van der Waals surface area contributed by atoms with E-state index in [0.717, 1.165) is 11.1 Å². The normalized spacial score (nSPS) is 23.4. The second-order valence-corrected chi connectivity index (χ2v) is 4.31. The average Bonchev–Trinajstić information content (AvgIpc) is 2.39. The van der Waals surface area contributed by atoms with Gasteiger partial charge in [0.1, 0.15) is 0 Å². The zero-order valence-electron chi connectivity index (χ0n) is 10.1. The van der Waals surface area contributed by atoms with Gasteiger partial charge in [0, 0.05) is 13.7 Å². The summed E-state index contributed by atoms with van der Waals surface area (Å²) in [4.78, 5) is 0. The van der Waals surface area contributed by atoms with E-state index in [1.807, 2.05) is 24.3 Å². The molecule has 0 spiro atoms. The number of benzene rings is 1. The zero-order valence-corrected chi connectivity index (χ0v) is 10.1. The number of ether oxygens (including phenoxy) is 2. The van der Waals surface area contributed by atoms with Gasteiger partial charge >= 0.3 is 0 Å². The van der Waals surface area contributed by atoms with E-state index in [9.17, 15) is 5.11 Å². The second-order valence-electron chi connectivity index (χ2n) is 4.31. The minimum Gasteiger partial charge on any atom is -0.394 e. The fourth-order valence-corrected chi connectivity index (χ4v) is 2.25. The van der Waals surface area contributed by atoms with Gasteiger partial charge in [0.2, 0.25) is 0 Å². The predicted octanol–water partition coefficient (Wildman–Crippen LogP) is 0.640. The summed E-state index contributed by atoms with van der Waals surface area (Å²) >= 11 is 0. The van der Waals surface area contributed by atoms with Crippen LogP contribution in [0.4, 0.5) is 0 Å². The van der Waals surface area contributed by atoms with Gasteiger partial charge in [-0.15, -0.1) is 0 Å². The molecule has 4 nitrogen and oxygen atoms in total. The summed E-state index contributed by atoms with van der Waals surface area (Å²) < 4.78 is 10.6. The smallest absolute Gasteiger partial charge is 0.0910 e. The summed E-state index contributed by atoms with van der Waals surface area (Å²) in [5.41, 5.74) is 1.77. The first-order chi connectivity index (χ1) is 8.32. The number of methoxy groups -OCH3 is 1. The van der Waals surface area contributed by atoms with Gasteiger partial charge in [-0.1, -0.05) is 24.3 Å². The Morgan fingerprint density at radius 3 is 3.06 bits per heavy atom. The molecule has 17 heavy (non-hydrogen) atoms. The Morgan fingerprint density at radius 1 is 1.47 bits per heavy atom. The Kier molecular flexibility index (Phi) is 4.12. The van der Waals surface area contributed by atoms with Gasteiger partial charge in [0.25, 0.3) is 0 Å². The molecule has 1 aliphatic rings. The van der Waals surface area contributed by atoms with Crippen molar-refractivity contribution in [2.24, 2.45) is 0 Å². The topological polar surface area (TPSA) is 50.7 Å². The second kappa shape index (κ2) is 5.60. The molecule has 1 heterocycles. The van der Waals surface area contributed by atoms with Crippen LogP contribution in [0.2, 0.25) is 0 Å². The minimum absolute atomic E-state index is 0.0216. The van der Waals surface area contributed by atoms with Crippen LogP contribution in [0.25, 0.3) is 0 Å². The van der Waals surface area contributed by atoms with Crippen molar-refractivity contribution in [1.82, 2.24) is 5.32 Å². The number of nitrogens with one attached hydrogen (secondary N) is 1. The SMILES string of the molecule is COCCNC1(CO)COCc2ccccc21. The van der Waals surface area contributed by atoms with Gasteiger partial charge in [-0.2, -0.15) is 0 Å². The zero-order chi connectivity index (χ0) is 12.1. The van der Waals surface area contributed by atoms with Crippen LogP contribution in [-0.4, -0.2) is 38.6 Å². The van der Waals surface area contributed by atoms with E-state index in [-0.39, 0.29) is 6.61 Å². The van der Waals surface area contributed by atoms with Crippen LogP contribution in [0.15, 0.2) is 24.3 Å². The Labute approximate surface area is 102 Å². The van der Waals surface area contributed by atoms with Crippen molar-refractivity contribution < 1.29 is 14.6 Å². The monoisotopic (exact) mass is 237 g/mol. The largest absolute Gasteiger partial charge is 0.394 e. The highest BCUT2D eigenvalue weighted by Crippen LogP contribution is 2.29. The molecule has 0 saturated heterocycles. The lowest BCUT2D eigenvalue weighted by atomic mass is 9.86. The molecule has 0 aliphatic carbocycles. The summed E-state index contributed by atoms with van der Waals surface area (Å²) in [6.45, 7) is 2.43. The lowest BCUT2D eigenvalue weighted by Crippen LogP contribution is -2.52. The molecule has 0 amide bonds. The molecule has 0 radical (unpaired) electrons. The maximum Gasteiger partial charge on any atom is 0.0910 e. The van der Waals surface area contributed by atoms with Crippen molar-refractivity contribution in [3.63, 3.8) is 0 Å². The Morgan fingerprint density at radius 2 is 2.29 bits per heavy atom. The van der Waals surface area contributed by atoms with Crippen LogP contribution in [0.5, 0.6) is 0 Å². The van der Waals surface area contributed by atoms with Crippen molar-refractivity contribution in [3.8, 4) is 0 Å². The van der Waals surface area contributed by atoms with E-state index in [1.165, 1.54) is 0 Å². The number of hydrogen-bond donors (Lipinski definition) is 2. The third-order valence-corrected chi connectivity index (χ3v) is 3.18. The lowest BCUT2D eigenvalue weighted by Gasteiger charge is -2.38. The number of rotatable bonds is 5. The fourth-order valence-electron chi connectivity index (χ4n) is 2.25. The van der Waals surface area contributed by atoms with Crippen LogP contribution in [0, 0.1) is 0 Å². The highest BCUT2D eigenvalue weighted by molar-refractivity contribution is 5.35. The fraction of sp³-hybridized carbons (Fsp3) is 0.538. The first kappa shape index (κ1) is 12.5. The van der Waals surface area contributed by atoms with Gasteiger partial charge in [-0.25, -0.2) is 0 Å². The molecule has 0 saturated carbocycles. The van der Waals surface area contributed by atoms with Crippen LogP contribution in [0.1, 0.15) is 11.1 Å². The van der Waals surface area contributed by atoms with Crippen molar-refractivity contribution in [2.75, 3.05) is 33.5 Å². The summed E-state index contributed by atoms with van der Waals surface area (Å²) in [5.74, 6) is 0. The first-order valence-corrected chi connectivity index (χ1v) is 5.83. The average molecular weight is 237 g/mol. The Bertz CT molecular complexity index is 369. The van der Waals surface area contributed by atoms with E-state index in [2.05, 4.69) is 5.32 Å². The number of fused-ring (bicyclic) bond motifs is 1. The third kappa shape index (κ3) is 2.50. The van der Waals surface area contributed by atoms with Crippen LogP contribution in [-0.2, 0) is 21.6 Å². The van der Waals surface area contributed by atoms with Gasteiger partial charge in [-0.3, -0.25) is 0 Å². The molecule has 1 aromatic carbocycles. The molecule has 2 rings (SSSR count). The van der Waals surface area contributed by atoms with Gasteiger partial charge < -0.3 is 19.9 Å². The summed E-state index contributed by atoms with van der Waals surface area (Å²) in [6.07, 6.45) is 0. The third-order valence-electron chi connectivity index (χ3n) is 3.18. The molecule has 1 aromatic rings. The van der Waals surface area contributed by atoms with Crippen molar-refractivity contribution >= 4 is 0 Å². The highest BCUT2D eigenvalue weighted by Gasteiger charge is 2.36. The number of aliphatic hydroxyl groups excluding tert-OH is 1. The van der Waals surface area contributed by atoms with Gasteiger partial charge in [0.05, 0.1) is 32.0 Å². The van der Waals surface area contributed by atoms with Crippen molar-refractivity contribution in [3.05, 3.63) is 35.4 Å². The molecule has 0 aromatic heterocycles. The van der Waals surface area contributed by atoms with E-state index in [4.69, 9.17) is 9.47 Å². The minimum atomic E-state index is -0.493. The van der Waals surface area contributed by atoms with E-state index in [0.29, 0.717) is 26.4 Å². The molecule has 94 valence electrons. The lowest BCUT2D eigenvalue weighted by molar-refractivity contribution is 0.00448. The molecule has 1 atom stereocenters. The van der Waals surface area contributed by atoms with Crippen molar-refractivity contribution in [1.29, 1.82) is 0 Å². The van der Waals surface area contributed by atoms with Crippen LogP contribution in [0.3, 0.4) is 0 Å². The Balaban J connectivity index is 2.22. The molecule has 0 fully saturated rings. The molecule has 1 aliphatic heterocycles. The summed E-state index contributed by atoms with van der Waals surface area (Å²) in [5, 5.41) is 13.0. The molecular weight excluding hydrogens is 218 g/mol. The van der Waals surface area contributed by atoms with E-state index < -0.39 is 5.54 Å². The standard InChI is InChI=1S/C13H19NO3/c1-16-7-6-14-13(9-15)10-17-8-11-4-2-3-5-12(11)13/h2-5,14-15H,6-10H2,1H3. The number of hydrogen-bond acceptors (Lipinski definition) is 4. The molecule has 2 N–H and O–H groups in total. The summed E-state index contributed by atoms with van der Waals surface area (Å²) in [6, 6.07) is 8.07. The summed E-state index contributed by atoms with van der Waals surface area (Å²) in [7, 11) is 1.67. The number of aliphatic hydroxyl groups is 1. The van der Waals surface area contributed by atoms with E-state index >= 15 is 0 Å². The quantitative estimate of drug-likeness (QED) is 0.738. The molecular formula is C13H19NO3. The van der Waals surface area contributed by atoms with Crippen LogP contribution < -0.4 is 5.32 Å². The van der Waals surface area contributed by atoms with Gasteiger partial charge in [-0.05, 0) is 11.1 Å². The Hall–Kier alpha value is -0.940. The first-order valence-electron chi connectivity index (χ1n) is 5.83. The highest BCUT2D eigenvalue weighted by atomic mass is 16.5. The maximum atomic E-state index is 9.70. The predicted molar refractivity (Wildman–Crippen MR) is 64.7 cm³/mol. The molecule has 0 bridgehead atoms. The van der Waals surface area contributed by atoms with Gasteiger partial charge in [0.15, 0.2) is 0 Å². The molecule has 4 heteroatoms. The molecule has 1 unspecified atom stereocenters. The van der Waals surface area contributed by atoms with E-state index in [1.54, 1.807) is 7.11 Å². The van der Waals surface area contributed by atoms with Crippen molar-refractivity contribution in [2.45, 2.75) is 12.1 Å². The van der Waals surface area contributed by atoms with Crippen LogP contribution >= 0.6 is 0 Å².